The van der Waals surface area contributed by atoms with Crippen LogP contribution < -0.4 is 0 Å². The van der Waals surface area contributed by atoms with E-state index in [1.54, 1.807) is 17.8 Å². The van der Waals surface area contributed by atoms with Crippen molar-refractivity contribution in [2.45, 2.75) is 17.8 Å². The maximum atomic E-state index is 6.02. The number of benzene rings is 2. The summed E-state index contributed by atoms with van der Waals surface area (Å²) in [5.41, 5.74) is 3.32. The molecule has 3 aromatic rings. The molecule has 0 saturated carbocycles. The van der Waals surface area contributed by atoms with Crippen molar-refractivity contribution in [1.82, 2.24) is 15.2 Å². The quantitative estimate of drug-likeness (QED) is 0.643. The van der Waals surface area contributed by atoms with Gasteiger partial charge in [0.1, 0.15) is 0 Å². The molecule has 0 saturated heterocycles. The Bertz CT molecular complexity index is 802. The van der Waals surface area contributed by atoms with Gasteiger partial charge in [0.15, 0.2) is 5.82 Å². The van der Waals surface area contributed by atoms with Crippen LogP contribution in [0.1, 0.15) is 11.1 Å². The van der Waals surface area contributed by atoms with Gasteiger partial charge in [0.05, 0.1) is 10.0 Å². The second-order valence-corrected chi connectivity index (χ2v) is 6.58. The van der Waals surface area contributed by atoms with E-state index in [0.717, 1.165) is 22.7 Å². The minimum absolute atomic E-state index is 0.565. The van der Waals surface area contributed by atoms with Crippen molar-refractivity contribution in [3.8, 4) is 11.4 Å². The first-order valence-corrected chi connectivity index (χ1v) is 8.43. The van der Waals surface area contributed by atoms with Crippen LogP contribution >= 0.6 is 35.0 Å². The van der Waals surface area contributed by atoms with E-state index in [1.807, 2.05) is 30.3 Å². The van der Waals surface area contributed by atoms with Crippen molar-refractivity contribution in [2.75, 3.05) is 0 Å². The summed E-state index contributed by atoms with van der Waals surface area (Å²) in [6, 6.07) is 13.7. The minimum Gasteiger partial charge on any atom is -0.258 e. The highest BCUT2D eigenvalue weighted by atomic mass is 35.5. The lowest BCUT2D eigenvalue weighted by molar-refractivity contribution is 0.973. The Morgan fingerprint density at radius 2 is 1.91 bits per heavy atom. The molecule has 0 amide bonds. The van der Waals surface area contributed by atoms with Gasteiger partial charge in [-0.15, -0.1) is 5.10 Å². The number of nitrogens with zero attached hydrogens (tertiary/aromatic N) is 2. The second kappa shape index (κ2) is 6.73. The van der Waals surface area contributed by atoms with E-state index in [0.29, 0.717) is 15.2 Å². The fourth-order valence-corrected chi connectivity index (χ4v) is 3.11. The number of aromatic nitrogens is 3. The van der Waals surface area contributed by atoms with Crippen molar-refractivity contribution in [1.29, 1.82) is 0 Å². The van der Waals surface area contributed by atoms with Gasteiger partial charge >= 0.3 is 0 Å². The molecule has 2 aromatic carbocycles. The van der Waals surface area contributed by atoms with Crippen molar-refractivity contribution < 1.29 is 0 Å². The Morgan fingerprint density at radius 1 is 1.09 bits per heavy atom. The van der Waals surface area contributed by atoms with Gasteiger partial charge in [-0.3, -0.25) is 5.10 Å². The molecule has 1 heterocycles. The number of nitrogens with one attached hydrogen (secondary N) is 1. The molecule has 0 aliphatic heterocycles. The molecule has 3 nitrogen and oxygen atoms in total. The molecule has 112 valence electrons. The fourth-order valence-electron chi connectivity index (χ4n) is 2.05. The lowest BCUT2D eigenvalue weighted by Gasteiger charge is -2.01. The van der Waals surface area contributed by atoms with Gasteiger partial charge in [0.25, 0.3) is 0 Å². The van der Waals surface area contributed by atoms with Crippen LogP contribution in [0.5, 0.6) is 0 Å². The summed E-state index contributed by atoms with van der Waals surface area (Å²) in [6.45, 7) is 2.06. The number of aromatic amines is 1. The molecule has 0 aliphatic rings. The Balaban J connectivity index is 1.72. The van der Waals surface area contributed by atoms with Crippen molar-refractivity contribution in [3.63, 3.8) is 0 Å². The van der Waals surface area contributed by atoms with Gasteiger partial charge in [0.2, 0.25) is 5.16 Å². The molecule has 0 unspecified atom stereocenters. The molecule has 0 spiro atoms. The Labute approximate surface area is 143 Å². The van der Waals surface area contributed by atoms with Gasteiger partial charge in [-0.25, -0.2) is 4.98 Å². The van der Waals surface area contributed by atoms with E-state index in [4.69, 9.17) is 23.2 Å². The molecule has 0 radical (unpaired) electrons. The van der Waals surface area contributed by atoms with Gasteiger partial charge in [-0.05, 0) is 30.2 Å². The molecule has 22 heavy (non-hydrogen) atoms. The maximum Gasteiger partial charge on any atom is 0.209 e. The first-order valence-electron chi connectivity index (χ1n) is 6.68. The fraction of sp³-hybridized carbons (Fsp3) is 0.125. The second-order valence-electron chi connectivity index (χ2n) is 4.82. The monoisotopic (exact) mass is 349 g/mol. The minimum atomic E-state index is 0.565. The number of hydrogen-bond donors (Lipinski definition) is 1. The van der Waals surface area contributed by atoms with Crippen LogP contribution in [0.2, 0.25) is 10.0 Å². The summed E-state index contributed by atoms with van der Waals surface area (Å²) in [7, 11) is 0. The summed E-state index contributed by atoms with van der Waals surface area (Å²) < 4.78 is 0. The maximum absolute atomic E-state index is 6.02. The summed E-state index contributed by atoms with van der Waals surface area (Å²) >= 11 is 13.5. The molecule has 3 rings (SSSR count). The first-order chi connectivity index (χ1) is 10.6. The van der Waals surface area contributed by atoms with Crippen LogP contribution in [-0.2, 0) is 5.75 Å². The van der Waals surface area contributed by atoms with Crippen LogP contribution in [0.15, 0.2) is 47.6 Å². The highest BCUT2D eigenvalue weighted by molar-refractivity contribution is 7.98. The summed E-state index contributed by atoms with van der Waals surface area (Å²) in [5, 5.41) is 9.09. The Hall–Kier alpha value is -1.49. The van der Waals surface area contributed by atoms with Crippen molar-refractivity contribution in [2.24, 2.45) is 0 Å². The third kappa shape index (κ3) is 3.46. The number of rotatable bonds is 4. The summed E-state index contributed by atoms with van der Waals surface area (Å²) in [4.78, 5) is 4.53. The van der Waals surface area contributed by atoms with Crippen LogP contribution in [-0.4, -0.2) is 15.2 Å². The third-order valence-electron chi connectivity index (χ3n) is 3.22. The normalized spacial score (nSPS) is 10.9. The van der Waals surface area contributed by atoms with Crippen LogP contribution in [0.25, 0.3) is 11.4 Å². The zero-order valence-electron chi connectivity index (χ0n) is 11.8. The average Bonchev–Trinajstić information content (AvgIpc) is 2.98. The molecule has 1 N–H and O–H groups in total. The van der Waals surface area contributed by atoms with E-state index in [-0.39, 0.29) is 0 Å². The number of H-pyrrole nitrogens is 1. The highest BCUT2D eigenvalue weighted by Crippen LogP contribution is 2.27. The molecular weight excluding hydrogens is 337 g/mol. The molecule has 0 fully saturated rings. The standard InChI is InChI=1S/C16H13Cl2N3S/c1-10-4-2-3-5-12(10)15-19-16(21-20-15)22-9-11-6-7-13(17)14(18)8-11/h2-8H,9H2,1H3,(H,19,20,21). The molecule has 6 heteroatoms. The van der Waals surface area contributed by atoms with Gasteiger partial charge in [0, 0.05) is 11.3 Å². The number of thioether (sulfide) groups is 1. The Morgan fingerprint density at radius 3 is 2.68 bits per heavy atom. The molecular formula is C16H13Cl2N3S. The molecule has 0 aliphatic carbocycles. The van der Waals surface area contributed by atoms with Gasteiger partial charge < -0.3 is 0 Å². The zero-order chi connectivity index (χ0) is 15.5. The van der Waals surface area contributed by atoms with Crippen molar-refractivity contribution >= 4 is 35.0 Å². The summed E-state index contributed by atoms with van der Waals surface area (Å²) in [6.07, 6.45) is 0. The SMILES string of the molecule is Cc1ccccc1-c1nc(SCc2ccc(Cl)c(Cl)c2)n[nH]1. The lowest BCUT2D eigenvalue weighted by atomic mass is 10.1. The molecule has 0 bridgehead atoms. The average molecular weight is 350 g/mol. The predicted molar refractivity (Wildman–Crippen MR) is 92.6 cm³/mol. The first kappa shape index (κ1) is 15.4. The van der Waals surface area contributed by atoms with E-state index in [2.05, 4.69) is 28.2 Å². The van der Waals surface area contributed by atoms with Gasteiger partial charge in [-0.2, -0.15) is 0 Å². The predicted octanol–water partition coefficient (Wildman–Crippen LogP) is 5.38. The van der Waals surface area contributed by atoms with Crippen LogP contribution in [0.4, 0.5) is 0 Å². The largest absolute Gasteiger partial charge is 0.258 e. The number of hydrogen-bond acceptors (Lipinski definition) is 3. The molecule has 0 atom stereocenters. The van der Waals surface area contributed by atoms with Crippen LogP contribution in [0.3, 0.4) is 0 Å². The van der Waals surface area contributed by atoms with E-state index >= 15 is 0 Å². The molecule has 1 aromatic heterocycles. The summed E-state index contributed by atoms with van der Waals surface area (Å²) in [5.74, 6) is 1.52. The topological polar surface area (TPSA) is 41.6 Å². The Kier molecular flexibility index (Phi) is 4.71. The van der Waals surface area contributed by atoms with E-state index < -0.39 is 0 Å². The van der Waals surface area contributed by atoms with Crippen molar-refractivity contribution in [3.05, 3.63) is 63.6 Å². The van der Waals surface area contributed by atoms with Crippen LogP contribution in [0, 0.1) is 6.92 Å². The third-order valence-corrected chi connectivity index (χ3v) is 4.87. The lowest BCUT2D eigenvalue weighted by Crippen LogP contribution is -1.85. The van der Waals surface area contributed by atoms with Gasteiger partial charge in [-0.1, -0.05) is 65.3 Å². The number of aryl methyl sites for hydroxylation is 1. The zero-order valence-corrected chi connectivity index (χ0v) is 14.1. The van der Waals surface area contributed by atoms with E-state index in [9.17, 15) is 0 Å². The van der Waals surface area contributed by atoms with E-state index in [1.165, 1.54) is 5.56 Å². The highest BCUT2D eigenvalue weighted by Gasteiger charge is 2.08. The smallest absolute Gasteiger partial charge is 0.209 e. The number of halogens is 2.